The number of rotatable bonds is 2. The fraction of sp³-hybridized carbons (Fsp3) is 0.833. The Kier molecular flexibility index (Phi) is 3.47. The molecule has 1 saturated heterocycles. The number of nitrogens with two attached hydrogens (primary N) is 1. The molecule has 2 rings (SSSR count). The lowest BCUT2D eigenvalue weighted by molar-refractivity contribution is -0.132. The summed E-state index contributed by atoms with van der Waals surface area (Å²) in [6.07, 6.45) is 8.07. The standard InChI is InChI=1S/C12H20N2OS/c13-10(16)9-11(15)14-7-5-12(6-8-14)3-1-2-4-12/h1-9H2,(H2,13,16). The number of nitrogens with zero attached hydrogens (tertiary/aromatic N) is 1. The van der Waals surface area contributed by atoms with Crippen molar-refractivity contribution >= 4 is 23.1 Å². The highest BCUT2D eigenvalue weighted by Gasteiger charge is 2.37. The van der Waals surface area contributed by atoms with Crippen LogP contribution in [0.25, 0.3) is 0 Å². The highest BCUT2D eigenvalue weighted by Crippen LogP contribution is 2.46. The zero-order chi connectivity index (χ0) is 11.6. The van der Waals surface area contributed by atoms with Crippen LogP contribution in [0.1, 0.15) is 44.9 Å². The van der Waals surface area contributed by atoms with Crippen LogP contribution in [0, 0.1) is 5.41 Å². The summed E-state index contributed by atoms with van der Waals surface area (Å²) in [5, 5.41) is 0. The molecule has 1 aliphatic heterocycles. The molecule has 1 heterocycles. The molecule has 2 fully saturated rings. The first-order chi connectivity index (χ1) is 7.61. The van der Waals surface area contributed by atoms with Crippen LogP contribution in [0.5, 0.6) is 0 Å². The first-order valence-electron chi connectivity index (χ1n) is 6.17. The number of amides is 1. The smallest absolute Gasteiger partial charge is 0.229 e. The van der Waals surface area contributed by atoms with Gasteiger partial charge in [-0.05, 0) is 31.1 Å². The maximum atomic E-state index is 11.8. The summed E-state index contributed by atoms with van der Waals surface area (Å²) in [5.41, 5.74) is 5.97. The summed E-state index contributed by atoms with van der Waals surface area (Å²) in [6, 6.07) is 0. The van der Waals surface area contributed by atoms with Crippen LogP contribution in [0.4, 0.5) is 0 Å². The summed E-state index contributed by atoms with van der Waals surface area (Å²) < 4.78 is 0. The summed E-state index contributed by atoms with van der Waals surface area (Å²) in [7, 11) is 0. The van der Waals surface area contributed by atoms with Gasteiger partial charge in [-0.1, -0.05) is 25.1 Å². The van der Waals surface area contributed by atoms with Crippen molar-refractivity contribution in [2.45, 2.75) is 44.9 Å². The Morgan fingerprint density at radius 3 is 2.25 bits per heavy atom. The van der Waals surface area contributed by atoms with Gasteiger partial charge in [-0.15, -0.1) is 0 Å². The van der Waals surface area contributed by atoms with Crippen molar-refractivity contribution in [3.8, 4) is 0 Å². The molecule has 3 nitrogen and oxygen atoms in total. The quantitative estimate of drug-likeness (QED) is 0.749. The van der Waals surface area contributed by atoms with Gasteiger partial charge in [0.15, 0.2) is 0 Å². The Morgan fingerprint density at radius 1 is 1.19 bits per heavy atom. The van der Waals surface area contributed by atoms with Crippen LogP contribution in [0.3, 0.4) is 0 Å². The molecule has 1 saturated carbocycles. The summed E-state index contributed by atoms with van der Waals surface area (Å²) in [4.78, 5) is 14.0. The van der Waals surface area contributed by atoms with Gasteiger partial charge >= 0.3 is 0 Å². The average molecular weight is 240 g/mol. The number of piperidine rings is 1. The van der Waals surface area contributed by atoms with Crippen LogP contribution in [-0.2, 0) is 4.79 Å². The molecule has 16 heavy (non-hydrogen) atoms. The van der Waals surface area contributed by atoms with Crippen molar-refractivity contribution in [3.05, 3.63) is 0 Å². The average Bonchev–Trinajstić information content (AvgIpc) is 2.66. The van der Waals surface area contributed by atoms with Crippen molar-refractivity contribution in [1.82, 2.24) is 4.90 Å². The van der Waals surface area contributed by atoms with Crippen molar-refractivity contribution in [2.75, 3.05) is 13.1 Å². The molecule has 4 heteroatoms. The van der Waals surface area contributed by atoms with Crippen LogP contribution < -0.4 is 5.73 Å². The van der Waals surface area contributed by atoms with Gasteiger partial charge in [0.05, 0.1) is 11.4 Å². The number of hydrogen-bond acceptors (Lipinski definition) is 2. The number of likely N-dealkylation sites (tertiary alicyclic amines) is 1. The number of carbonyl (C=O) groups excluding carboxylic acids is 1. The van der Waals surface area contributed by atoms with E-state index < -0.39 is 0 Å². The van der Waals surface area contributed by atoms with Crippen molar-refractivity contribution < 1.29 is 4.79 Å². The number of thiocarbonyl (C=S) groups is 1. The van der Waals surface area contributed by atoms with Crippen LogP contribution in [0.2, 0.25) is 0 Å². The van der Waals surface area contributed by atoms with E-state index in [0.29, 0.717) is 10.4 Å². The molecule has 1 aliphatic carbocycles. The second-order valence-corrected chi connectivity index (χ2v) is 5.76. The molecule has 0 radical (unpaired) electrons. The molecular weight excluding hydrogens is 220 g/mol. The Hall–Kier alpha value is -0.640. The number of carbonyl (C=O) groups is 1. The third-order valence-corrected chi connectivity index (χ3v) is 4.31. The zero-order valence-corrected chi connectivity index (χ0v) is 10.5. The van der Waals surface area contributed by atoms with Gasteiger partial charge in [0.1, 0.15) is 0 Å². The molecule has 0 aromatic heterocycles. The van der Waals surface area contributed by atoms with E-state index in [1.807, 2.05) is 4.90 Å². The minimum Gasteiger partial charge on any atom is -0.393 e. The van der Waals surface area contributed by atoms with Gasteiger partial charge in [-0.25, -0.2) is 0 Å². The van der Waals surface area contributed by atoms with Crippen LogP contribution in [0.15, 0.2) is 0 Å². The summed E-state index contributed by atoms with van der Waals surface area (Å²) in [6.45, 7) is 1.81. The Bertz CT molecular complexity index is 287. The minimum absolute atomic E-state index is 0.111. The van der Waals surface area contributed by atoms with E-state index in [-0.39, 0.29) is 12.3 Å². The van der Waals surface area contributed by atoms with Crippen molar-refractivity contribution in [1.29, 1.82) is 0 Å². The summed E-state index contributed by atoms with van der Waals surface area (Å²) >= 11 is 4.77. The van der Waals surface area contributed by atoms with Gasteiger partial charge in [0.2, 0.25) is 5.91 Å². The fourth-order valence-corrected chi connectivity index (χ4v) is 3.24. The monoisotopic (exact) mass is 240 g/mol. The molecule has 0 unspecified atom stereocenters. The van der Waals surface area contributed by atoms with Gasteiger partial charge in [-0.2, -0.15) is 0 Å². The lowest BCUT2D eigenvalue weighted by Gasteiger charge is -2.39. The van der Waals surface area contributed by atoms with Crippen molar-refractivity contribution in [2.24, 2.45) is 11.1 Å². The fourth-order valence-electron chi connectivity index (χ4n) is 3.12. The van der Waals surface area contributed by atoms with E-state index in [0.717, 1.165) is 13.1 Å². The highest BCUT2D eigenvalue weighted by atomic mass is 32.1. The van der Waals surface area contributed by atoms with Crippen LogP contribution >= 0.6 is 12.2 Å². The Labute approximate surface area is 102 Å². The maximum Gasteiger partial charge on any atom is 0.229 e. The van der Waals surface area contributed by atoms with Gasteiger partial charge in [0.25, 0.3) is 0 Å². The lowest BCUT2D eigenvalue weighted by Crippen LogP contribution is -2.43. The largest absolute Gasteiger partial charge is 0.393 e. The highest BCUT2D eigenvalue weighted by molar-refractivity contribution is 7.80. The Morgan fingerprint density at radius 2 is 1.75 bits per heavy atom. The lowest BCUT2D eigenvalue weighted by atomic mass is 9.77. The molecule has 0 bridgehead atoms. The maximum absolute atomic E-state index is 11.8. The molecule has 0 atom stereocenters. The van der Waals surface area contributed by atoms with E-state index in [1.54, 1.807) is 0 Å². The van der Waals surface area contributed by atoms with E-state index in [1.165, 1.54) is 38.5 Å². The first-order valence-corrected chi connectivity index (χ1v) is 6.58. The number of hydrogen-bond donors (Lipinski definition) is 1. The molecule has 0 aromatic rings. The van der Waals surface area contributed by atoms with Crippen molar-refractivity contribution in [3.63, 3.8) is 0 Å². The summed E-state index contributed by atoms with van der Waals surface area (Å²) in [5.74, 6) is 0.111. The van der Waals surface area contributed by atoms with Crippen LogP contribution in [-0.4, -0.2) is 28.9 Å². The molecule has 1 spiro atoms. The van der Waals surface area contributed by atoms with E-state index in [4.69, 9.17) is 18.0 Å². The van der Waals surface area contributed by atoms with E-state index in [2.05, 4.69) is 0 Å². The SMILES string of the molecule is NC(=S)CC(=O)N1CCC2(CCCC2)CC1. The molecule has 2 N–H and O–H groups in total. The second kappa shape index (κ2) is 4.70. The second-order valence-electron chi connectivity index (χ2n) is 5.23. The predicted molar refractivity (Wildman–Crippen MR) is 68.1 cm³/mol. The molecule has 0 aromatic carbocycles. The molecule has 90 valence electrons. The predicted octanol–water partition coefficient (Wildman–Crippen LogP) is 1.85. The molecule has 2 aliphatic rings. The third kappa shape index (κ3) is 2.54. The zero-order valence-electron chi connectivity index (χ0n) is 9.71. The topological polar surface area (TPSA) is 46.3 Å². The van der Waals surface area contributed by atoms with Gasteiger partial charge in [-0.3, -0.25) is 4.79 Å². The third-order valence-electron chi connectivity index (χ3n) is 4.17. The van der Waals surface area contributed by atoms with Gasteiger partial charge < -0.3 is 10.6 Å². The molecule has 1 amide bonds. The normalized spacial score (nSPS) is 23.6. The first kappa shape index (κ1) is 11.8. The molecular formula is C12H20N2OS. The Balaban J connectivity index is 1.85. The van der Waals surface area contributed by atoms with E-state index >= 15 is 0 Å². The van der Waals surface area contributed by atoms with E-state index in [9.17, 15) is 4.79 Å². The van der Waals surface area contributed by atoms with Gasteiger partial charge in [0, 0.05) is 13.1 Å². The minimum atomic E-state index is 0.111.